The summed E-state index contributed by atoms with van der Waals surface area (Å²) < 4.78 is 18.2. The third-order valence-electron chi connectivity index (χ3n) is 3.23. The molecule has 2 N–H and O–H groups in total. The van der Waals surface area contributed by atoms with Crippen LogP contribution in [0.5, 0.6) is 0 Å². The van der Waals surface area contributed by atoms with Crippen LogP contribution in [0.3, 0.4) is 0 Å². The minimum absolute atomic E-state index is 0.00253. The quantitative estimate of drug-likeness (QED) is 0.765. The van der Waals surface area contributed by atoms with E-state index in [0.29, 0.717) is 18.0 Å². The summed E-state index contributed by atoms with van der Waals surface area (Å²) in [5.74, 6) is 0.0203. The Morgan fingerprint density at radius 1 is 1.12 bits per heavy atom. The number of amides is 2. The highest BCUT2D eigenvalue weighted by Gasteiger charge is 2.10. The van der Waals surface area contributed by atoms with E-state index in [1.807, 2.05) is 25.1 Å². The minimum Gasteiger partial charge on any atom is -0.407 e. The molecule has 24 heavy (non-hydrogen) atoms. The van der Waals surface area contributed by atoms with Gasteiger partial charge >= 0.3 is 12.0 Å². The maximum absolute atomic E-state index is 12.9. The molecule has 0 aliphatic carbocycles. The summed E-state index contributed by atoms with van der Waals surface area (Å²) in [5, 5.41) is 12.8. The number of carbonyl (C=O) groups excluding carboxylic acids is 1. The molecule has 0 bridgehead atoms. The highest BCUT2D eigenvalue weighted by atomic mass is 19.1. The maximum atomic E-state index is 12.9. The van der Waals surface area contributed by atoms with E-state index in [2.05, 4.69) is 20.8 Å². The second-order valence-corrected chi connectivity index (χ2v) is 5.25. The Bertz CT molecular complexity index is 846. The molecule has 1 aromatic heterocycles. The summed E-state index contributed by atoms with van der Waals surface area (Å²) in [6, 6.07) is 12.9. The van der Waals surface area contributed by atoms with Crippen molar-refractivity contribution < 1.29 is 13.6 Å². The van der Waals surface area contributed by atoms with E-state index in [9.17, 15) is 9.18 Å². The summed E-state index contributed by atoms with van der Waals surface area (Å²) in [7, 11) is 0. The fourth-order valence-electron chi connectivity index (χ4n) is 2.13. The second kappa shape index (κ2) is 6.91. The van der Waals surface area contributed by atoms with Crippen molar-refractivity contribution in [2.75, 3.05) is 10.6 Å². The number of aromatic nitrogens is 2. The lowest BCUT2D eigenvalue weighted by atomic mass is 10.1. The first kappa shape index (κ1) is 15.7. The molecule has 0 unspecified atom stereocenters. The molecule has 7 heteroatoms. The van der Waals surface area contributed by atoms with Gasteiger partial charge in [0.05, 0.1) is 6.42 Å². The third-order valence-corrected chi connectivity index (χ3v) is 3.23. The molecule has 0 fully saturated rings. The molecule has 0 aliphatic heterocycles. The zero-order chi connectivity index (χ0) is 16.9. The van der Waals surface area contributed by atoms with Gasteiger partial charge in [0.15, 0.2) is 0 Å². The summed E-state index contributed by atoms with van der Waals surface area (Å²) in [6.45, 7) is 1.93. The molecule has 0 spiro atoms. The second-order valence-electron chi connectivity index (χ2n) is 5.25. The number of urea groups is 1. The Morgan fingerprint density at radius 2 is 1.92 bits per heavy atom. The van der Waals surface area contributed by atoms with Crippen molar-refractivity contribution in [2.24, 2.45) is 0 Å². The van der Waals surface area contributed by atoms with Crippen LogP contribution in [-0.4, -0.2) is 16.2 Å². The van der Waals surface area contributed by atoms with Crippen molar-refractivity contribution in [3.05, 3.63) is 71.4 Å². The molecule has 3 rings (SSSR count). The lowest BCUT2D eigenvalue weighted by Crippen LogP contribution is -2.19. The number of aryl methyl sites for hydroxylation is 1. The van der Waals surface area contributed by atoms with Gasteiger partial charge in [-0.3, -0.25) is 5.32 Å². The molecular weight excluding hydrogens is 311 g/mol. The predicted octanol–water partition coefficient (Wildman–Crippen LogP) is 3.75. The lowest BCUT2D eigenvalue weighted by Gasteiger charge is -2.05. The first-order valence-electron chi connectivity index (χ1n) is 7.30. The van der Waals surface area contributed by atoms with Crippen molar-refractivity contribution in [1.29, 1.82) is 0 Å². The Kier molecular flexibility index (Phi) is 4.51. The van der Waals surface area contributed by atoms with Crippen LogP contribution >= 0.6 is 0 Å². The average Bonchev–Trinajstić information content (AvgIpc) is 2.96. The summed E-state index contributed by atoms with van der Waals surface area (Å²) in [5.41, 5.74) is 2.53. The largest absolute Gasteiger partial charge is 0.407 e. The predicted molar refractivity (Wildman–Crippen MR) is 87.3 cm³/mol. The van der Waals surface area contributed by atoms with Gasteiger partial charge in [0, 0.05) is 5.69 Å². The monoisotopic (exact) mass is 326 g/mol. The SMILES string of the molecule is Cc1cccc(NC(=O)Nc2nnc(Cc3ccc(F)cc3)o2)c1. The fraction of sp³-hybridized carbons (Fsp3) is 0.118. The van der Waals surface area contributed by atoms with E-state index in [1.54, 1.807) is 18.2 Å². The number of halogens is 1. The van der Waals surface area contributed by atoms with Gasteiger partial charge in [-0.1, -0.05) is 29.4 Å². The van der Waals surface area contributed by atoms with Gasteiger partial charge in [-0.05, 0) is 42.3 Å². The number of rotatable bonds is 4. The first-order chi connectivity index (χ1) is 11.6. The zero-order valence-corrected chi connectivity index (χ0v) is 12.9. The number of benzene rings is 2. The van der Waals surface area contributed by atoms with Gasteiger partial charge in [-0.2, -0.15) is 0 Å². The fourth-order valence-corrected chi connectivity index (χ4v) is 2.13. The smallest absolute Gasteiger partial charge is 0.327 e. The van der Waals surface area contributed by atoms with E-state index in [4.69, 9.17) is 4.42 Å². The van der Waals surface area contributed by atoms with Crippen molar-refractivity contribution in [3.8, 4) is 0 Å². The topological polar surface area (TPSA) is 80.0 Å². The number of nitrogens with one attached hydrogen (secondary N) is 2. The van der Waals surface area contributed by atoms with Crippen LogP contribution in [0.25, 0.3) is 0 Å². The maximum Gasteiger partial charge on any atom is 0.327 e. The Labute approximate surface area is 137 Å². The number of carbonyl (C=O) groups is 1. The summed E-state index contributed by atoms with van der Waals surface area (Å²) >= 11 is 0. The van der Waals surface area contributed by atoms with Crippen LogP contribution in [0.2, 0.25) is 0 Å². The standard InChI is InChI=1S/C17H15FN4O2/c1-11-3-2-4-14(9-11)19-16(23)20-17-22-21-15(24-17)10-12-5-7-13(18)8-6-12/h2-9H,10H2,1H3,(H2,19,20,22,23). The minimum atomic E-state index is -0.474. The van der Waals surface area contributed by atoms with Crippen LogP contribution in [0.4, 0.5) is 20.9 Å². The van der Waals surface area contributed by atoms with E-state index >= 15 is 0 Å². The Hall–Kier alpha value is -3.22. The van der Waals surface area contributed by atoms with Gasteiger partial charge < -0.3 is 9.73 Å². The van der Waals surface area contributed by atoms with E-state index in [0.717, 1.165) is 11.1 Å². The van der Waals surface area contributed by atoms with Gasteiger partial charge in [0.2, 0.25) is 5.89 Å². The normalized spacial score (nSPS) is 10.4. The molecule has 0 saturated heterocycles. The highest BCUT2D eigenvalue weighted by molar-refractivity contribution is 5.98. The summed E-state index contributed by atoms with van der Waals surface area (Å²) in [4.78, 5) is 11.9. The molecule has 3 aromatic rings. The van der Waals surface area contributed by atoms with Crippen molar-refractivity contribution in [1.82, 2.24) is 10.2 Å². The molecule has 0 aliphatic rings. The lowest BCUT2D eigenvalue weighted by molar-refractivity contribution is 0.261. The van der Waals surface area contributed by atoms with Crippen LogP contribution in [-0.2, 0) is 6.42 Å². The zero-order valence-electron chi connectivity index (χ0n) is 12.9. The van der Waals surface area contributed by atoms with E-state index < -0.39 is 6.03 Å². The van der Waals surface area contributed by atoms with Gasteiger partial charge in [-0.25, -0.2) is 9.18 Å². The number of hydrogen-bond acceptors (Lipinski definition) is 4. The third kappa shape index (κ3) is 4.16. The summed E-state index contributed by atoms with van der Waals surface area (Å²) in [6.07, 6.45) is 0.356. The van der Waals surface area contributed by atoms with Gasteiger partial charge in [0.25, 0.3) is 0 Å². The molecule has 122 valence electrons. The number of nitrogens with zero attached hydrogens (tertiary/aromatic N) is 2. The Balaban J connectivity index is 1.59. The Morgan fingerprint density at radius 3 is 2.67 bits per heavy atom. The molecule has 0 radical (unpaired) electrons. The molecule has 6 nitrogen and oxygen atoms in total. The van der Waals surface area contributed by atoms with Crippen LogP contribution in [0.15, 0.2) is 52.9 Å². The number of hydrogen-bond donors (Lipinski definition) is 2. The van der Waals surface area contributed by atoms with Crippen molar-refractivity contribution in [3.63, 3.8) is 0 Å². The molecule has 2 aromatic carbocycles. The molecular formula is C17H15FN4O2. The van der Waals surface area contributed by atoms with E-state index in [1.165, 1.54) is 12.1 Å². The molecule has 2 amide bonds. The first-order valence-corrected chi connectivity index (χ1v) is 7.30. The molecule has 1 heterocycles. The number of anilines is 2. The van der Waals surface area contributed by atoms with Gasteiger partial charge in [-0.15, -0.1) is 5.10 Å². The van der Waals surface area contributed by atoms with Crippen LogP contribution < -0.4 is 10.6 Å². The molecule has 0 saturated carbocycles. The van der Waals surface area contributed by atoms with Crippen LogP contribution in [0.1, 0.15) is 17.0 Å². The van der Waals surface area contributed by atoms with Crippen molar-refractivity contribution in [2.45, 2.75) is 13.3 Å². The van der Waals surface area contributed by atoms with Crippen molar-refractivity contribution >= 4 is 17.7 Å². The molecule has 0 atom stereocenters. The van der Waals surface area contributed by atoms with Crippen LogP contribution in [0, 0.1) is 12.7 Å². The highest BCUT2D eigenvalue weighted by Crippen LogP contribution is 2.13. The van der Waals surface area contributed by atoms with Gasteiger partial charge in [0.1, 0.15) is 5.82 Å². The average molecular weight is 326 g/mol. The van der Waals surface area contributed by atoms with E-state index in [-0.39, 0.29) is 11.8 Å².